The van der Waals surface area contributed by atoms with Gasteiger partial charge in [-0.15, -0.1) is 11.3 Å². The SMILES string of the molecule is Cc1ccc(Cc2cnc(NC(=O)/C=C/c3cc4cc(Cl)ccc4o3)s2)cc1. The number of benzene rings is 2. The van der Waals surface area contributed by atoms with Crippen LogP contribution in [0.15, 0.2) is 65.2 Å². The van der Waals surface area contributed by atoms with Crippen molar-refractivity contribution in [2.75, 3.05) is 5.32 Å². The summed E-state index contributed by atoms with van der Waals surface area (Å²) in [5, 5.41) is 4.91. The van der Waals surface area contributed by atoms with E-state index >= 15 is 0 Å². The fourth-order valence-electron chi connectivity index (χ4n) is 2.78. The van der Waals surface area contributed by atoms with Gasteiger partial charge in [0.1, 0.15) is 11.3 Å². The van der Waals surface area contributed by atoms with Gasteiger partial charge in [-0.3, -0.25) is 10.1 Å². The number of amides is 1. The fourth-order valence-corrected chi connectivity index (χ4v) is 3.81. The van der Waals surface area contributed by atoms with Crippen LogP contribution >= 0.6 is 22.9 Å². The molecule has 0 aliphatic rings. The lowest BCUT2D eigenvalue weighted by Crippen LogP contribution is -2.06. The van der Waals surface area contributed by atoms with Crippen LogP contribution in [0.2, 0.25) is 5.02 Å². The Kier molecular flexibility index (Phi) is 5.28. The van der Waals surface area contributed by atoms with E-state index in [9.17, 15) is 4.79 Å². The minimum atomic E-state index is -0.255. The van der Waals surface area contributed by atoms with Gasteiger partial charge in [0, 0.05) is 34.0 Å². The summed E-state index contributed by atoms with van der Waals surface area (Å²) >= 11 is 7.45. The topological polar surface area (TPSA) is 55.1 Å². The van der Waals surface area contributed by atoms with Crippen molar-refractivity contribution >= 4 is 51.0 Å². The average Bonchev–Trinajstić information content (AvgIpc) is 3.28. The van der Waals surface area contributed by atoms with Crippen LogP contribution in [-0.4, -0.2) is 10.9 Å². The first-order valence-electron chi connectivity index (χ1n) is 8.73. The molecule has 0 bridgehead atoms. The molecule has 0 saturated heterocycles. The highest BCUT2D eigenvalue weighted by Crippen LogP contribution is 2.24. The molecule has 28 heavy (non-hydrogen) atoms. The number of thiazole rings is 1. The number of carbonyl (C=O) groups is 1. The predicted molar refractivity (Wildman–Crippen MR) is 115 cm³/mol. The van der Waals surface area contributed by atoms with E-state index in [1.165, 1.54) is 28.5 Å². The highest BCUT2D eigenvalue weighted by Gasteiger charge is 2.07. The molecular formula is C22H17ClN2O2S. The van der Waals surface area contributed by atoms with Gasteiger partial charge in [-0.25, -0.2) is 4.98 Å². The van der Waals surface area contributed by atoms with Crippen molar-refractivity contribution in [2.45, 2.75) is 13.3 Å². The van der Waals surface area contributed by atoms with Crippen molar-refractivity contribution in [3.63, 3.8) is 0 Å². The Morgan fingerprint density at radius 1 is 1.21 bits per heavy atom. The molecule has 0 radical (unpaired) electrons. The number of carbonyl (C=O) groups excluding carboxylic acids is 1. The maximum Gasteiger partial charge on any atom is 0.250 e. The van der Waals surface area contributed by atoms with Crippen molar-refractivity contribution in [3.05, 3.63) is 87.6 Å². The minimum absolute atomic E-state index is 0.255. The number of hydrogen-bond donors (Lipinski definition) is 1. The van der Waals surface area contributed by atoms with Crippen LogP contribution in [0, 0.1) is 6.92 Å². The molecule has 0 aliphatic heterocycles. The highest BCUT2D eigenvalue weighted by molar-refractivity contribution is 7.15. The molecule has 1 amide bonds. The van der Waals surface area contributed by atoms with Crippen LogP contribution in [0.25, 0.3) is 17.0 Å². The van der Waals surface area contributed by atoms with E-state index in [2.05, 4.69) is 41.5 Å². The Morgan fingerprint density at radius 2 is 2.04 bits per heavy atom. The zero-order chi connectivity index (χ0) is 19.5. The second-order valence-electron chi connectivity index (χ2n) is 6.45. The Labute approximate surface area is 171 Å². The van der Waals surface area contributed by atoms with Gasteiger partial charge in [0.25, 0.3) is 0 Å². The standard InChI is InChI=1S/C22H17ClN2O2S/c1-14-2-4-15(5-3-14)10-19-13-24-22(28-19)25-21(26)9-7-18-12-16-11-17(23)6-8-20(16)27-18/h2-9,11-13H,10H2,1H3,(H,24,25,26)/b9-7+. The van der Waals surface area contributed by atoms with Crippen LogP contribution in [0.3, 0.4) is 0 Å². The van der Waals surface area contributed by atoms with Gasteiger partial charge in [0.15, 0.2) is 5.13 Å². The third-order valence-corrected chi connectivity index (χ3v) is 5.33. The van der Waals surface area contributed by atoms with E-state index in [1.807, 2.05) is 12.1 Å². The number of nitrogens with zero attached hydrogens (tertiary/aromatic N) is 1. The number of aryl methyl sites for hydroxylation is 1. The molecular weight excluding hydrogens is 392 g/mol. The lowest BCUT2D eigenvalue weighted by molar-refractivity contribution is -0.111. The largest absolute Gasteiger partial charge is 0.457 e. The smallest absolute Gasteiger partial charge is 0.250 e. The molecule has 140 valence electrons. The van der Waals surface area contributed by atoms with Gasteiger partial charge in [0.2, 0.25) is 5.91 Å². The van der Waals surface area contributed by atoms with Crippen molar-refractivity contribution in [3.8, 4) is 0 Å². The van der Waals surface area contributed by atoms with Gasteiger partial charge in [-0.05, 0) is 42.8 Å². The summed E-state index contributed by atoms with van der Waals surface area (Å²) in [5.74, 6) is 0.335. The first-order chi connectivity index (χ1) is 13.5. The third kappa shape index (κ3) is 4.50. The Hall–Kier alpha value is -2.89. The van der Waals surface area contributed by atoms with Crippen molar-refractivity contribution < 1.29 is 9.21 Å². The number of aromatic nitrogens is 1. The maximum atomic E-state index is 12.2. The molecule has 0 atom stereocenters. The molecule has 0 spiro atoms. The molecule has 4 rings (SSSR count). The van der Waals surface area contributed by atoms with Crippen molar-refractivity contribution in [1.29, 1.82) is 0 Å². The molecule has 4 nitrogen and oxygen atoms in total. The average molecular weight is 409 g/mol. The fraction of sp³-hybridized carbons (Fsp3) is 0.0909. The monoisotopic (exact) mass is 408 g/mol. The molecule has 4 aromatic rings. The molecule has 0 saturated carbocycles. The van der Waals surface area contributed by atoms with E-state index in [4.69, 9.17) is 16.0 Å². The maximum absolute atomic E-state index is 12.2. The van der Waals surface area contributed by atoms with Gasteiger partial charge in [-0.2, -0.15) is 0 Å². The van der Waals surface area contributed by atoms with Gasteiger partial charge in [-0.1, -0.05) is 41.4 Å². The normalized spacial score (nSPS) is 11.4. The van der Waals surface area contributed by atoms with Crippen LogP contribution < -0.4 is 5.32 Å². The van der Waals surface area contributed by atoms with Crippen molar-refractivity contribution in [2.24, 2.45) is 0 Å². The molecule has 0 fully saturated rings. The lowest BCUT2D eigenvalue weighted by atomic mass is 10.1. The first kappa shape index (κ1) is 18.5. The Morgan fingerprint density at radius 3 is 2.86 bits per heavy atom. The molecule has 2 aromatic carbocycles. The number of hydrogen-bond acceptors (Lipinski definition) is 4. The lowest BCUT2D eigenvalue weighted by Gasteiger charge is -1.99. The van der Waals surface area contributed by atoms with Crippen LogP contribution in [0.5, 0.6) is 0 Å². The number of halogens is 1. The van der Waals surface area contributed by atoms with Gasteiger partial charge in [0.05, 0.1) is 0 Å². The Balaban J connectivity index is 1.38. The predicted octanol–water partition coefficient (Wildman–Crippen LogP) is 6.09. The molecule has 2 aromatic heterocycles. The van der Waals surface area contributed by atoms with E-state index in [-0.39, 0.29) is 5.91 Å². The molecule has 1 N–H and O–H groups in total. The van der Waals surface area contributed by atoms with E-state index in [0.29, 0.717) is 15.9 Å². The molecule has 0 unspecified atom stereocenters. The highest BCUT2D eigenvalue weighted by atomic mass is 35.5. The van der Waals surface area contributed by atoms with Crippen LogP contribution in [0.4, 0.5) is 5.13 Å². The van der Waals surface area contributed by atoms with Gasteiger partial charge < -0.3 is 4.42 Å². The minimum Gasteiger partial charge on any atom is -0.457 e. The summed E-state index contributed by atoms with van der Waals surface area (Å²) in [7, 11) is 0. The van der Waals surface area contributed by atoms with Gasteiger partial charge >= 0.3 is 0 Å². The first-order valence-corrected chi connectivity index (χ1v) is 9.93. The number of nitrogens with one attached hydrogen (secondary N) is 1. The zero-order valence-electron chi connectivity index (χ0n) is 15.1. The summed E-state index contributed by atoms with van der Waals surface area (Å²) in [6.45, 7) is 2.07. The molecule has 2 heterocycles. The number of anilines is 1. The molecule has 0 aliphatic carbocycles. The van der Waals surface area contributed by atoms with E-state index in [1.54, 1.807) is 24.4 Å². The summed E-state index contributed by atoms with van der Waals surface area (Å²) in [6, 6.07) is 15.6. The Bertz CT molecular complexity index is 1160. The number of fused-ring (bicyclic) bond motifs is 1. The van der Waals surface area contributed by atoms with Crippen molar-refractivity contribution in [1.82, 2.24) is 4.98 Å². The van der Waals surface area contributed by atoms with Crippen LogP contribution in [0.1, 0.15) is 21.8 Å². The summed E-state index contributed by atoms with van der Waals surface area (Å²) in [6.07, 6.45) is 5.66. The second-order valence-corrected chi connectivity index (χ2v) is 8.00. The number of furan rings is 1. The summed E-state index contributed by atoms with van der Waals surface area (Å²) in [5.41, 5.74) is 3.18. The summed E-state index contributed by atoms with van der Waals surface area (Å²) in [4.78, 5) is 17.5. The van der Waals surface area contributed by atoms with E-state index < -0.39 is 0 Å². The second kappa shape index (κ2) is 8.00. The summed E-state index contributed by atoms with van der Waals surface area (Å²) < 4.78 is 5.66. The third-order valence-electron chi connectivity index (χ3n) is 4.18. The number of rotatable bonds is 5. The molecule has 6 heteroatoms. The zero-order valence-corrected chi connectivity index (χ0v) is 16.7. The van der Waals surface area contributed by atoms with E-state index in [0.717, 1.165) is 22.3 Å². The van der Waals surface area contributed by atoms with Crippen LogP contribution in [-0.2, 0) is 11.2 Å². The quantitative estimate of drug-likeness (QED) is 0.406.